The lowest BCUT2D eigenvalue weighted by Gasteiger charge is -2.38. The van der Waals surface area contributed by atoms with Crippen LogP contribution in [0.5, 0.6) is 0 Å². The number of likely N-dealkylation sites (tertiary alicyclic amines) is 1. The van der Waals surface area contributed by atoms with Gasteiger partial charge in [0.05, 0.1) is 17.6 Å². The molecule has 0 radical (unpaired) electrons. The minimum absolute atomic E-state index is 0.0865. The Kier molecular flexibility index (Phi) is 3.92. The molecule has 1 amide bonds. The molecule has 25 heavy (non-hydrogen) atoms. The Morgan fingerprint density at radius 2 is 2.36 bits per heavy atom. The standard InChI is InChI=1S/C19H21N5O/c1-13-5-9-23(17(25)3-2-7-20)12-16(13)24-10-6-14-11-22-19-15(18(14)24)4-8-21-19/h4,6,8,10-11,13,16H,2-3,5,9,12H2,1H3,(H,21,22)/t13-,16?/m1/s1. The van der Waals surface area contributed by atoms with Gasteiger partial charge in [-0.1, -0.05) is 6.92 Å². The molecule has 1 saturated heterocycles. The predicted octanol–water partition coefficient (Wildman–Crippen LogP) is 3.23. The molecule has 128 valence electrons. The van der Waals surface area contributed by atoms with E-state index < -0.39 is 0 Å². The molecule has 1 aliphatic heterocycles. The van der Waals surface area contributed by atoms with Gasteiger partial charge in [-0.05, 0) is 24.5 Å². The van der Waals surface area contributed by atoms with Crippen LogP contribution in [0.3, 0.4) is 0 Å². The average Bonchev–Trinajstić information content (AvgIpc) is 3.25. The molecule has 1 N–H and O–H groups in total. The maximum Gasteiger partial charge on any atom is 0.223 e. The number of fused-ring (bicyclic) bond motifs is 3. The van der Waals surface area contributed by atoms with E-state index in [-0.39, 0.29) is 18.4 Å². The maximum absolute atomic E-state index is 12.4. The number of nitrogens with one attached hydrogen (secondary N) is 1. The predicted molar refractivity (Wildman–Crippen MR) is 95.8 cm³/mol. The number of piperidine rings is 1. The summed E-state index contributed by atoms with van der Waals surface area (Å²) in [5, 5.41) is 11.0. The second kappa shape index (κ2) is 6.25. The van der Waals surface area contributed by atoms with Crippen molar-refractivity contribution in [2.45, 2.75) is 32.2 Å². The van der Waals surface area contributed by atoms with Gasteiger partial charge < -0.3 is 14.5 Å². The highest BCUT2D eigenvalue weighted by Gasteiger charge is 2.30. The van der Waals surface area contributed by atoms with E-state index in [0.29, 0.717) is 18.9 Å². The van der Waals surface area contributed by atoms with Crippen molar-refractivity contribution in [3.63, 3.8) is 0 Å². The van der Waals surface area contributed by atoms with E-state index in [9.17, 15) is 4.79 Å². The summed E-state index contributed by atoms with van der Waals surface area (Å²) in [5.41, 5.74) is 2.06. The Balaban J connectivity index is 1.70. The summed E-state index contributed by atoms with van der Waals surface area (Å²) >= 11 is 0. The fraction of sp³-hybridized carbons (Fsp3) is 0.421. The second-order valence-electron chi connectivity index (χ2n) is 6.86. The van der Waals surface area contributed by atoms with Crippen LogP contribution in [0.25, 0.3) is 21.9 Å². The molecular weight excluding hydrogens is 314 g/mol. The first kappa shape index (κ1) is 15.7. The van der Waals surface area contributed by atoms with Crippen LogP contribution in [-0.2, 0) is 4.79 Å². The zero-order chi connectivity index (χ0) is 17.4. The number of rotatable bonds is 3. The van der Waals surface area contributed by atoms with Crippen molar-refractivity contribution in [2.75, 3.05) is 13.1 Å². The number of aromatic nitrogens is 3. The van der Waals surface area contributed by atoms with Gasteiger partial charge in [0.25, 0.3) is 0 Å². The topological polar surface area (TPSA) is 77.7 Å². The molecule has 4 heterocycles. The van der Waals surface area contributed by atoms with Gasteiger partial charge in [-0.25, -0.2) is 4.98 Å². The minimum Gasteiger partial charge on any atom is -0.346 e. The van der Waals surface area contributed by atoms with E-state index >= 15 is 0 Å². The number of pyridine rings is 1. The molecule has 2 atom stereocenters. The molecule has 6 nitrogen and oxygen atoms in total. The first-order chi connectivity index (χ1) is 12.2. The number of carbonyl (C=O) groups is 1. The number of aromatic amines is 1. The smallest absolute Gasteiger partial charge is 0.223 e. The van der Waals surface area contributed by atoms with Gasteiger partial charge in [-0.3, -0.25) is 4.79 Å². The van der Waals surface area contributed by atoms with E-state index in [0.717, 1.165) is 29.4 Å². The number of nitriles is 1. The van der Waals surface area contributed by atoms with E-state index in [2.05, 4.69) is 45.9 Å². The highest BCUT2D eigenvalue weighted by molar-refractivity contribution is 6.02. The van der Waals surface area contributed by atoms with Crippen LogP contribution in [0.2, 0.25) is 0 Å². The molecule has 0 saturated carbocycles. The Morgan fingerprint density at radius 3 is 3.20 bits per heavy atom. The molecule has 3 aromatic rings. The Bertz CT molecular complexity index is 963. The van der Waals surface area contributed by atoms with E-state index in [4.69, 9.17) is 5.26 Å². The average molecular weight is 335 g/mol. The fourth-order valence-electron chi connectivity index (χ4n) is 3.89. The van der Waals surface area contributed by atoms with Crippen molar-refractivity contribution < 1.29 is 4.79 Å². The van der Waals surface area contributed by atoms with Gasteiger partial charge in [-0.2, -0.15) is 5.26 Å². The monoisotopic (exact) mass is 335 g/mol. The molecular formula is C19H21N5O. The van der Waals surface area contributed by atoms with Crippen LogP contribution in [0.4, 0.5) is 0 Å². The lowest BCUT2D eigenvalue weighted by molar-refractivity contribution is -0.133. The largest absolute Gasteiger partial charge is 0.346 e. The van der Waals surface area contributed by atoms with Crippen LogP contribution < -0.4 is 0 Å². The molecule has 1 fully saturated rings. The third kappa shape index (κ3) is 2.66. The molecule has 0 aliphatic carbocycles. The molecule has 1 aliphatic rings. The van der Waals surface area contributed by atoms with Crippen LogP contribution in [0, 0.1) is 17.2 Å². The third-order valence-electron chi connectivity index (χ3n) is 5.34. The molecule has 0 aromatic carbocycles. The highest BCUT2D eigenvalue weighted by Crippen LogP contribution is 2.33. The van der Waals surface area contributed by atoms with Gasteiger partial charge in [0.2, 0.25) is 5.91 Å². The van der Waals surface area contributed by atoms with Gasteiger partial charge in [0, 0.05) is 55.3 Å². The summed E-state index contributed by atoms with van der Waals surface area (Å²) in [7, 11) is 0. The van der Waals surface area contributed by atoms with Crippen molar-refractivity contribution in [2.24, 2.45) is 5.92 Å². The molecule has 6 heteroatoms. The van der Waals surface area contributed by atoms with Crippen molar-refractivity contribution in [1.82, 2.24) is 19.4 Å². The maximum atomic E-state index is 12.4. The Labute approximate surface area is 146 Å². The van der Waals surface area contributed by atoms with E-state index in [1.807, 2.05) is 17.3 Å². The fourth-order valence-corrected chi connectivity index (χ4v) is 3.89. The van der Waals surface area contributed by atoms with Crippen LogP contribution in [-0.4, -0.2) is 38.4 Å². The summed E-state index contributed by atoms with van der Waals surface area (Å²) < 4.78 is 2.31. The minimum atomic E-state index is 0.0865. The van der Waals surface area contributed by atoms with Crippen molar-refractivity contribution in [3.05, 3.63) is 30.7 Å². The number of nitrogens with zero attached hydrogens (tertiary/aromatic N) is 4. The quantitative estimate of drug-likeness (QED) is 0.798. The number of amides is 1. The number of hydrogen-bond acceptors (Lipinski definition) is 3. The van der Waals surface area contributed by atoms with Gasteiger partial charge in [-0.15, -0.1) is 0 Å². The molecule has 1 unspecified atom stereocenters. The number of H-pyrrole nitrogens is 1. The zero-order valence-corrected chi connectivity index (χ0v) is 14.3. The number of carbonyl (C=O) groups excluding carboxylic acids is 1. The molecule has 0 spiro atoms. The lowest BCUT2D eigenvalue weighted by Crippen LogP contribution is -2.43. The Hall–Kier alpha value is -2.81. The van der Waals surface area contributed by atoms with Crippen LogP contribution >= 0.6 is 0 Å². The summed E-state index contributed by atoms with van der Waals surface area (Å²) in [6, 6.07) is 6.45. The highest BCUT2D eigenvalue weighted by atomic mass is 16.2. The van der Waals surface area contributed by atoms with E-state index in [1.54, 1.807) is 0 Å². The van der Waals surface area contributed by atoms with Crippen molar-refractivity contribution >= 4 is 27.8 Å². The van der Waals surface area contributed by atoms with Crippen LogP contribution in [0.1, 0.15) is 32.2 Å². The summed E-state index contributed by atoms with van der Waals surface area (Å²) in [4.78, 5) is 21.9. The van der Waals surface area contributed by atoms with Crippen molar-refractivity contribution in [3.8, 4) is 6.07 Å². The molecule has 0 bridgehead atoms. The van der Waals surface area contributed by atoms with Gasteiger partial charge >= 0.3 is 0 Å². The lowest BCUT2D eigenvalue weighted by atomic mass is 9.92. The van der Waals surface area contributed by atoms with E-state index in [1.165, 1.54) is 5.52 Å². The zero-order valence-electron chi connectivity index (χ0n) is 14.3. The van der Waals surface area contributed by atoms with Crippen LogP contribution in [0.15, 0.2) is 30.7 Å². The van der Waals surface area contributed by atoms with Gasteiger partial charge in [0.1, 0.15) is 5.65 Å². The van der Waals surface area contributed by atoms with Crippen molar-refractivity contribution in [1.29, 1.82) is 5.26 Å². The second-order valence-corrected chi connectivity index (χ2v) is 6.86. The SMILES string of the molecule is C[C@@H]1CCN(C(=O)CCC#N)CC1n1ccc2cnc3[nH]ccc3c21. The third-order valence-corrected chi connectivity index (χ3v) is 5.34. The molecule has 3 aromatic heterocycles. The first-order valence-corrected chi connectivity index (χ1v) is 8.76. The molecule has 4 rings (SSSR count). The normalized spacial score (nSPS) is 20.9. The summed E-state index contributed by atoms with van der Waals surface area (Å²) in [6.07, 6.45) is 7.51. The summed E-state index contributed by atoms with van der Waals surface area (Å²) in [6.45, 7) is 3.73. The first-order valence-electron chi connectivity index (χ1n) is 8.76. The Morgan fingerprint density at radius 1 is 1.48 bits per heavy atom. The summed E-state index contributed by atoms with van der Waals surface area (Å²) in [5.74, 6) is 0.571. The number of hydrogen-bond donors (Lipinski definition) is 1. The van der Waals surface area contributed by atoms with Gasteiger partial charge in [0.15, 0.2) is 0 Å².